The number of hydrogen-bond donors (Lipinski definition) is 0. The van der Waals surface area contributed by atoms with E-state index in [4.69, 9.17) is 4.74 Å². The number of ether oxygens (including phenoxy) is 1. The molecule has 3 nitrogen and oxygen atoms in total. The van der Waals surface area contributed by atoms with Gasteiger partial charge in [-0.05, 0) is 49.9 Å². The van der Waals surface area contributed by atoms with Crippen LogP contribution >= 0.6 is 0 Å². The summed E-state index contributed by atoms with van der Waals surface area (Å²) in [7, 11) is 4.12. The van der Waals surface area contributed by atoms with Crippen LogP contribution in [0.4, 0.5) is 0 Å². The van der Waals surface area contributed by atoms with E-state index in [0.29, 0.717) is 6.61 Å². The van der Waals surface area contributed by atoms with Crippen molar-refractivity contribution in [3.05, 3.63) is 70.8 Å². The number of carbonyl (C=O) groups excluding carboxylic acids is 1. The lowest BCUT2D eigenvalue weighted by atomic mass is 10.1. The van der Waals surface area contributed by atoms with Crippen molar-refractivity contribution in [1.82, 2.24) is 4.90 Å². The number of hydrogen-bond acceptors (Lipinski definition) is 3. The molecule has 1 aliphatic rings. The molecule has 0 fully saturated rings. The van der Waals surface area contributed by atoms with Gasteiger partial charge in [0.2, 0.25) is 0 Å². The van der Waals surface area contributed by atoms with E-state index in [2.05, 4.69) is 19.0 Å². The van der Waals surface area contributed by atoms with Gasteiger partial charge in [-0.2, -0.15) is 0 Å². The topological polar surface area (TPSA) is 29.5 Å². The minimum absolute atomic E-state index is 0.148. The summed E-state index contributed by atoms with van der Waals surface area (Å²) in [6.45, 7) is 1.74. The number of nitrogens with zero attached hydrogens (tertiary/aromatic N) is 1. The molecule has 3 rings (SSSR count). The van der Waals surface area contributed by atoms with E-state index in [1.807, 2.05) is 54.6 Å². The quantitative estimate of drug-likeness (QED) is 0.598. The second-order valence-corrected chi connectivity index (χ2v) is 6.41. The highest BCUT2D eigenvalue weighted by Gasteiger charge is 2.23. The smallest absolute Gasteiger partial charge is 0.189 e. The van der Waals surface area contributed by atoms with Crippen LogP contribution in [0.15, 0.2) is 54.1 Å². The number of benzene rings is 2. The maximum absolute atomic E-state index is 12.4. The second-order valence-electron chi connectivity index (χ2n) is 6.41. The Balaban J connectivity index is 1.62. The first-order valence-electron chi connectivity index (χ1n) is 8.34. The van der Waals surface area contributed by atoms with Crippen LogP contribution in [0.2, 0.25) is 0 Å². The van der Waals surface area contributed by atoms with Gasteiger partial charge in [-0.3, -0.25) is 4.79 Å². The molecule has 0 spiro atoms. The average molecular weight is 321 g/mol. The lowest BCUT2D eigenvalue weighted by Gasteiger charge is -2.10. The molecule has 0 unspecified atom stereocenters. The molecular formula is C21H23NO2. The van der Waals surface area contributed by atoms with Crippen LogP contribution in [0.3, 0.4) is 0 Å². The molecule has 0 bridgehead atoms. The molecule has 0 amide bonds. The van der Waals surface area contributed by atoms with Crippen LogP contribution in [0.25, 0.3) is 6.08 Å². The van der Waals surface area contributed by atoms with Crippen molar-refractivity contribution in [2.24, 2.45) is 0 Å². The van der Waals surface area contributed by atoms with E-state index in [-0.39, 0.29) is 5.78 Å². The summed E-state index contributed by atoms with van der Waals surface area (Å²) in [5, 5.41) is 0. The third kappa shape index (κ3) is 3.92. The maximum Gasteiger partial charge on any atom is 0.189 e. The lowest BCUT2D eigenvalue weighted by molar-refractivity contribution is 0.104. The molecule has 0 saturated carbocycles. The fourth-order valence-corrected chi connectivity index (χ4v) is 2.90. The number of ketones is 1. The largest absolute Gasteiger partial charge is 0.494 e. The molecular weight excluding hydrogens is 298 g/mol. The first-order valence-corrected chi connectivity index (χ1v) is 8.34. The number of fused-ring (bicyclic) bond motifs is 1. The van der Waals surface area contributed by atoms with Crippen LogP contribution in [0.5, 0.6) is 5.75 Å². The molecule has 24 heavy (non-hydrogen) atoms. The van der Waals surface area contributed by atoms with E-state index in [1.165, 1.54) is 0 Å². The van der Waals surface area contributed by atoms with Crippen molar-refractivity contribution in [2.75, 3.05) is 27.2 Å². The molecule has 0 heterocycles. The average Bonchev–Trinajstić information content (AvgIpc) is 2.89. The Morgan fingerprint density at radius 3 is 2.54 bits per heavy atom. The fraction of sp³-hybridized carbons (Fsp3) is 0.286. The Labute approximate surface area is 143 Å². The van der Waals surface area contributed by atoms with Gasteiger partial charge in [-0.1, -0.05) is 36.4 Å². The summed E-state index contributed by atoms with van der Waals surface area (Å²) in [4.78, 5) is 14.5. The summed E-state index contributed by atoms with van der Waals surface area (Å²) in [6, 6.07) is 15.8. The summed E-state index contributed by atoms with van der Waals surface area (Å²) in [6.07, 6.45) is 3.71. The number of Topliss-reactive ketones (excluding diaryl/α,β-unsaturated/α-hetero) is 1. The number of carbonyl (C=O) groups is 1. The standard InChI is InChI=1S/C21H23NO2/c1-22(2)12-5-13-24-19-10-8-16(9-11-19)14-18-15-17-6-3-4-7-20(17)21(18)23/h3-4,6-11,14H,5,12-13,15H2,1-2H3. The Bertz CT molecular complexity index is 745. The number of allylic oxidation sites excluding steroid dienone is 1. The van der Waals surface area contributed by atoms with Crippen molar-refractivity contribution < 1.29 is 9.53 Å². The molecule has 124 valence electrons. The molecule has 0 aliphatic heterocycles. The van der Waals surface area contributed by atoms with E-state index in [0.717, 1.165) is 47.4 Å². The number of rotatable bonds is 6. The highest BCUT2D eigenvalue weighted by molar-refractivity contribution is 6.15. The first kappa shape index (κ1) is 16.5. The molecule has 1 aliphatic carbocycles. The fourth-order valence-electron chi connectivity index (χ4n) is 2.90. The monoisotopic (exact) mass is 321 g/mol. The minimum Gasteiger partial charge on any atom is -0.494 e. The first-order chi connectivity index (χ1) is 11.6. The summed E-state index contributed by atoms with van der Waals surface area (Å²) >= 11 is 0. The Morgan fingerprint density at radius 1 is 1.08 bits per heavy atom. The molecule has 3 heteroatoms. The third-order valence-electron chi connectivity index (χ3n) is 4.17. The Morgan fingerprint density at radius 2 is 1.83 bits per heavy atom. The van der Waals surface area contributed by atoms with E-state index < -0.39 is 0 Å². The minimum atomic E-state index is 0.148. The van der Waals surface area contributed by atoms with Gasteiger partial charge in [-0.15, -0.1) is 0 Å². The highest BCUT2D eigenvalue weighted by Crippen LogP contribution is 2.27. The molecule has 2 aromatic carbocycles. The Hall–Kier alpha value is -2.39. The van der Waals surface area contributed by atoms with Crippen molar-refractivity contribution in [3.63, 3.8) is 0 Å². The van der Waals surface area contributed by atoms with Crippen LogP contribution in [-0.2, 0) is 6.42 Å². The Kier molecular flexibility index (Phi) is 5.11. The van der Waals surface area contributed by atoms with Crippen molar-refractivity contribution in [1.29, 1.82) is 0 Å². The maximum atomic E-state index is 12.4. The van der Waals surface area contributed by atoms with Crippen molar-refractivity contribution in [3.8, 4) is 5.75 Å². The summed E-state index contributed by atoms with van der Waals surface area (Å²) in [5.74, 6) is 1.02. The summed E-state index contributed by atoms with van der Waals surface area (Å²) in [5.41, 5.74) is 3.85. The summed E-state index contributed by atoms with van der Waals surface area (Å²) < 4.78 is 5.74. The predicted octanol–water partition coefficient (Wildman–Crippen LogP) is 3.84. The molecule has 0 radical (unpaired) electrons. The molecule has 0 aromatic heterocycles. The molecule has 2 aromatic rings. The van der Waals surface area contributed by atoms with Gasteiger partial charge < -0.3 is 9.64 Å². The second kappa shape index (κ2) is 7.45. The van der Waals surface area contributed by atoms with Gasteiger partial charge in [0.25, 0.3) is 0 Å². The SMILES string of the molecule is CN(C)CCCOc1ccc(C=C2Cc3ccccc3C2=O)cc1. The van der Waals surface area contributed by atoms with E-state index in [9.17, 15) is 4.79 Å². The molecule has 0 N–H and O–H groups in total. The highest BCUT2D eigenvalue weighted by atomic mass is 16.5. The van der Waals surface area contributed by atoms with Crippen LogP contribution in [-0.4, -0.2) is 37.9 Å². The van der Waals surface area contributed by atoms with Crippen LogP contribution < -0.4 is 4.74 Å². The zero-order chi connectivity index (χ0) is 16.9. The van der Waals surface area contributed by atoms with E-state index in [1.54, 1.807) is 0 Å². The van der Waals surface area contributed by atoms with Gasteiger partial charge in [0.1, 0.15) is 5.75 Å². The van der Waals surface area contributed by atoms with Crippen molar-refractivity contribution in [2.45, 2.75) is 12.8 Å². The lowest BCUT2D eigenvalue weighted by Crippen LogP contribution is -2.15. The zero-order valence-electron chi connectivity index (χ0n) is 14.3. The van der Waals surface area contributed by atoms with Gasteiger partial charge in [0.15, 0.2) is 5.78 Å². The van der Waals surface area contributed by atoms with Crippen molar-refractivity contribution >= 4 is 11.9 Å². The third-order valence-corrected chi connectivity index (χ3v) is 4.17. The predicted molar refractivity (Wildman–Crippen MR) is 97.6 cm³/mol. The van der Waals surface area contributed by atoms with Gasteiger partial charge in [0.05, 0.1) is 6.61 Å². The van der Waals surface area contributed by atoms with Gasteiger partial charge >= 0.3 is 0 Å². The van der Waals surface area contributed by atoms with E-state index >= 15 is 0 Å². The normalized spacial score (nSPS) is 15.1. The zero-order valence-corrected chi connectivity index (χ0v) is 14.3. The van der Waals surface area contributed by atoms with Crippen LogP contribution in [0, 0.1) is 0 Å². The molecule has 0 saturated heterocycles. The van der Waals surface area contributed by atoms with Gasteiger partial charge in [0, 0.05) is 24.1 Å². The van der Waals surface area contributed by atoms with Gasteiger partial charge in [-0.25, -0.2) is 0 Å². The molecule has 0 atom stereocenters. The van der Waals surface area contributed by atoms with Crippen LogP contribution in [0.1, 0.15) is 27.9 Å².